The van der Waals surface area contributed by atoms with E-state index < -0.39 is 0 Å². The minimum atomic E-state index is -0.0616. The summed E-state index contributed by atoms with van der Waals surface area (Å²) >= 11 is 0. The van der Waals surface area contributed by atoms with Gasteiger partial charge in [0.15, 0.2) is 0 Å². The van der Waals surface area contributed by atoms with Crippen LogP contribution in [-0.4, -0.2) is 10.2 Å². The van der Waals surface area contributed by atoms with Gasteiger partial charge in [-0.3, -0.25) is 0 Å². The molecule has 35 heavy (non-hydrogen) atoms. The first-order chi connectivity index (χ1) is 15.3. The molecule has 0 atom stereocenters. The zero-order valence-corrected chi connectivity index (χ0v) is 25.7. The molecule has 0 heterocycles. The second-order valence-corrected chi connectivity index (χ2v) is 15.3. The molecule has 0 amide bonds. The summed E-state index contributed by atoms with van der Waals surface area (Å²) in [6.07, 6.45) is 0. The van der Waals surface area contributed by atoms with E-state index in [-0.39, 0.29) is 27.1 Å². The Balaban J connectivity index is 0.000000355. The number of phenolic OH excluding ortho intramolecular Hbond substituents is 2. The molecule has 0 aliphatic rings. The summed E-state index contributed by atoms with van der Waals surface area (Å²) in [6, 6.07) is 8.10. The van der Waals surface area contributed by atoms with Crippen LogP contribution in [0.25, 0.3) is 0 Å². The van der Waals surface area contributed by atoms with Gasteiger partial charge in [-0.2, -0.15) is 0 Å². The highest BCUT2D eigenvalue weighted by atomic mass is 16.3. The monoisotopic (exact) mass is 482 g/mol. The zero-order valence-electron chi connectivity index (χ0n) is 25.7. The Morgan fingerprint density at radius 3 is 1.14 bits per heavy atom. The van der Waals surface area contributed by atoms with E-state index in [1.165, 1.54) is 11.1 Å². The lowest BCUT2D eigenvalue weighted by Crippen LogP contribution is -2.28. The molecule has 0 saturated carbocycles. The Morgan fingerprint density at radius 1 is 0.429 bits per heavy atom. The Labute approximate surface area is 217 Å². The third-order valence-corrected chi connectivity index (χ3v) is 6.44. The lowest BCUT2D eigenvalue weighted by Gasteiger charge is -2.36. The van der Waals surface area contributed by atoms with Gasteiger partial charge in [0.2, 0.25) is 0 Å². The largest absolute Gasteiger partial charge is 0.508 e. The average Bonchev–Trinajstić information content (AvgIpc) is 2.56. The highest BCUT2D eigenvalue weighted by Crippen LogP contribution is 2.44. The molecule has 0 aliphatic carbocycles. The number of rotatable bonds is 0. The number of hydrogen-bond donors (Lipinski definition) is 2. The molecule has 198 valence electrons. The van der Waals surface area contributed by atoms with Crippen molar-refractivity contribution < 1.29 is 10.2 Å². The van der Waals surface area contributed by atoms with Crippen LogP contribution < -0.4 is 0 Å². The lowest BCUT2D eigenvalue weighted by atomic mass is 9.68. The molecule has 0 aliphatic heterocycles. The summed E-state index contributed by atoms with van der Waals surface area (Å²) in [6.45, 7) is 34.8. The summed E-state index contributed by atoms with van der Waals surface area (Å²) in [5.41, 5.74) is 6.99. The Hall–Kier alpha value is -1.96. The molecule has 0 bridgehead atoms. The fraction of sp³-hybridized carbons (Fsp3) is 0.636. The van der Waals surface area contributed by atoms with Gasteiger partial charge in [-0.15, -0.1) is 0 Å². The number of benzene rings is 2. The molecule has 2 aromatic rings. The third-order valence-electron chi connectivity index (χ3n) is 6.44. The SMILES string of the molecule is CC(C)(C)c1ccc(O)c(C(C)(C)C)c1C(C)(C)C.Cc1ccc(C(C)(C)C)c(O)c1C(C)(C)C. The van der Waals surface area contributed by atoms with Gasteiger partial charge in [0, 0.05) is 11.1 Å². The van der Waals surface area contributed by atoms with Crippen LogP contribution in [0.15, 0.2) is 24.3 Å². The van der Waals surface area contributed by atoms with E-state index in [0.29, 0.717) is 11.5 Å². The minimum absolute atomic E-state index is 0.0161. The molecule has 2 heteroatoms. The molecular weight excluding hydrogens is 428 g/mol. The van der Waals surface area contributed by atoms with Crippen molar-refractivity contribution >= 4 is 0 Å². The van der Waals surface area contributed by atoms with E-state index in [2.05, 4.69) is 123 Å². The standard InChI is InChI=1S/C18H30O.C15H24O/c1-16(2,3)12-10-11-13(19)15(18(7,8)9)14(12)17(4,5)6;1-10-8-9-11(14(2,3)4)13(16)12(10)15(5,6)7/h10-11,19H,1-9H3;8-9,16H,1-7H3. The van der Waals surface area contributed by atoms with Crippen LogP contribution in [0.2, 0.25) is 0 Å². The highest BCUT2D eigenvalue weighted by Gasteiger charge is 2.33. The molecule has 0 unspecified atom stereocenters. The maximum atomic E-state index is 10.4. The summed E-state index contributed by atoms with van der Waals surface area (Å²) in [7, 11) is 0. The molecule has 0 radical (unpaired) electrons. The van der Waals surface area contributed by atoms with Crippen LogP contribution in [0.5, 0.6) is 11.5 Å². The fourth-order valence-corrected chi connectivity index (χ4v) is 5.00. The van der Waals surface area contributed by atoms with Gasteiger partial charge in [0.05, 0.1) is 0 Å². The maximum Gasteiger partial charge on any atom is 0.123 e. The van der Waals surface area contributed by atoms with E-state index in [4.69, 9.17) is 0 Å². The number of hydrogen-bond acceptors (Lipinski definition) is 2. The van der Waals surface area contributed by atoms with Crippen molar-refractivity contribution in [2.75, 3.05) is 0 Å². The quantitative estimate of drug-likeness (QED) is 0.392. The van der Waals surface area contributed by atoms with Crippen molar-refractivity contribution in [2.45, 2.75) is 138 Å². The molecule has 2 N–H and O–H groups in total. The van der Waals surface area contributed by atoms with E-state index in [1.54, 1.807) is 0 Å². The first-order valence-electron chi connectivity index (χ1n) is 13.0. The van der Waals surface area contributed by atoms with Gasteiger partial charge >= 0.3 is 0 Å². The lowest BCUT2D eigenvalue weighted by molar-refractivity contribution is 0.422. The van der Waals surface area contributed by atoms with Crippen molar-refractivity contribution in [3.63, 3.8) is 0 Å². The highest BCUT2D eigenvalue weighted by molar-refractivity contribution is 5.53. The van der Waals surface area contributed by atoms with E-state index in [9.17, 15) is 10.2 Å². The molecule has 0 aromatic heterocycles. The number of aromatic hydroxyl groups is 2. The molecule has 2 aromatic carbocycles. The normalized spacial score (nSPS) is 13.4. The summed E-state index contributed by atoms with van der Waals surface area (Å²) in [5.74, 6) is 0.894. The first kappa shape index (κ1) is 31.1. The van der Waals surface area contributed by atoms with Crippen molar-refractivity contribution in [3.8, 4) is 11.5 Å². The Morgan fingerprint density at radius 2 is 0.800 bits per heavy atom. The molecule has 0 saturated heterocycles. The number of phenols is 2. The third kappa shape index (κ3) is 7.51. The van der Waals surface area contributed by atoms with E-state index in [0.717, 1.165) is 22.3 Å². The van der Waals surface area contributed by atoms with Gasteiger partial charge in [-0.1, -0.05) is 122 Å². The minimum Gasteiger partial charge on any atom is -0.508 e. The van der Waals surface area contributed by atoms with Gasteiger partial charge < -0.3 is 10.2 Å². The van der Waals surface area contributed by atoms with E-state index >= 15 is 0 Å². The second-order valence-electron chi connectivity index (χ2n) is 15.3. The summed E-state index contributed by atoms with van der Waals surface area (Å²) in [5, 5.41) is 20.8. The molecule has 0 spiro atoms. The Bertz CT molecular complexity index is 1020. The van der Waals surface area contributed by atoms with Crippen LogP contribution in [0.4, 0.5) is 0 Å². The predicted molar refractivity (Wildman–Crippen MR) is 154 cm³/mol. The molecule has 2 rings (SSSR count). The van der Waals surface area contributed by atoms with Crippen molar-refractivity contribution in [3.05, 3.63) is 57.6 Å². The van der Waals surface area contributed by atoms with Crippen LogP contribution in [0, 0.1) is 6.92 Å². The van der Waals surface area contributed by atoms with Crippen LogP contribution in [0.3, 0.4) is 0 Å². The average molecular weight is 483 g/mol. The van der Waals surface area contributed by atoms with Gasteiger partial charge in [0.25, 0.3) is 0 Å². The second kappa shape index (κ2) is 9.83. The van der Waals surface area contributed by atoms with Gasteiger partial charge in [-0.05, 0) is 62.3 Å². The van der Waals surface area contributed by atoms with Crippen molar-refractivity contribution in [1.29, 1.82) is 0 Å². The topological polar surface area (TPSA) is 40.5 Å². The van der Waals surface area contributed by atoms with Crippen LogP contribution in [-0.2, 0) is 27.1 Å². The number of aryl methyl sites for hydroxylation is 1. The van der Waals surface area contributed by atoms with E-state index in [1.807, 2.05) is 12.1 Å². The maximum absolute atomic E-state index is 10.4. The van der Waals surface area contributed by atoms with Gasteiger partial charge in [0.1, 0.15) is 11.5 Å². The Kier molecular flexibility index (Phi) is 8.73. The molecule has 0 fully saturated rings. The fourth-order valence-electron chi connectivity index (χ4n) is 5.00. The van der Waals surface area contributed by atoms with Gasteiger partial charge in [-0.25, -0.2) is 0 Å². The van der Waals surface area contributed by atoms with Crippen LogP contribution >= 0.6 is 0 Å². The summed E-state index contributed by atoms with van der Waals surface area (Å²) in [4.78, 5) is 0. The zero-order chi connectivity index (χ0) is 27.9. The van der Waals surface area contributed by atoms with Crippen LogP contribution in [0.1, 0.15) is 137 Å². The first-order valence-corrected chi connectivity index (χ1v) is 13.0. The molecule has 2 nitrogen and oxygen atoms in total. The van der Waals surface area contributed by atoms with Crippen molar-refractivity contribution in [1.82, 2.24) is 0 Å². The molecular formula is C33H54O2. The van der Waals surface area contributed by atoms with Crippen molar-refractivity contribution in [2.24, 2.45) is 0 Å². The predicted octanol–water partition coefficient (Wildman–Crippen LogP) is 9.58. The smallest absolute Gasteiger partial charge is 0.123 e. The summed E-state index contributed by atoms with van der Waals surface area (Å²) < 4.78 is 0.